The SMILES string of the molecule is Cc1nc(CN2CCCC(NCC(=O)NCc3ccccn3)C2)no1. The van der Waals surface area contributed by atoms with Crippen molar-refractivity contribution in [2.24, 2.45) is 0 Å². The fraction of sp³-hybridized carbons (Fsp3) is 0.529. The predicted octanol–water partition coefficient (Wildman–Crippen LogP) is 0.643. The van der Waals surface area contributed by atoms with Crippen LogP contribution in [0.3, 0.4) is 0 Å². The molecule has 0 aromatic carbocycles. The smallest absolute Gasteiger partial charge is 0.234 e. The Labute approximate surface area is 147 Å². The first-order chi connectivity index (χ1) is 12.2. The number of piperidine rings is 1. The number of aromatic nitrogens is 3. The fourth-order valence-electron chi connectivity index (χ4n) is 2.96. The van der Waals surface area contributed by atoms with Gasteiger partial charge in [-0.15, -0.1) is 0 Å². The van der Waals surface area contributed by atoms with Gasteiger partial charge in [-0.05, 0) is 31.5 Å². The first kappa shape index (κ1) is 17.5. The Morgan fingerprint density at radius 2 is 2.36 bits per heavy atom. The normalized spacial score (nSPS) is 18.2. The molecule has 8 heteroatoms. The van der Waals surface area contributed by atoms with E-state index in [0.717, 1.165) is 31.6 Å². The zero-order chi connectivity index (χ0) is 17.5. The van der Waals surface area contributed by atoms with Gasteiger partial charge in [0.2, 0.25) is 11.8 Å². The average molecular weight is 344 g/mol. The molecule has 134 valence electrons. The summed E-state index contributed by atoms with van der Waals surface area (Å²) in [6.45, 7) is 5.13. The maximum Gasteiger partial charge on any atom is 0.234 e. The molecule has 1 aliphatic rings. The van der Waals surface area contributed by atoms with Crippen molar-refractivity contribution >= 4 is 5.91 Å². The minimum Gasteiger partial charge on any atom is -0.349 e. The molecule has 0 spiro atoms. The summed E-state index contributed by atoms with van der Waals surface area (Å²) in [5.74, 6) is 1.29. The fourth-order valence-corrected chi connectivity index (χ4v) is 2.96. The van der Waals surface area contributed by atoms with E-state index in [0.29, 0.717) is 37.4 Å². The van der Waals surface area contributed by atoms with E-state index >= 15 is 0 Å². The highest BCUT2D eigenvalue weighted by Crippen LogP contribution is 2.12. The van der Waals surface area contributed by atoms with Crippen molar-refractivity contribution in [1.82, 2.24) is 30.7 Å². The van der Waals surface area contributed by atoms with Crippen molar-refractivity contribution < 1.29 is 9.32 Å². The van der Waals surface area contributed by atoms with Crippen LogP contribution in [0.25, 0.3) is 0 Å². The highest BCUT2D eigenvalue weighted by Gasteiger charge is 2.21. The van der Waals surface area contributed by atoms with E-state index in [2.05, 4.69) is 30.7 Å². The number of pyridine rings is 1. The van der Waals surface area contributed by atoms with Crippen molar-refractivity contribution in [1.29, 1.82) is 0 Å². The number of hydrogen-bond acceptors (Lipinski definition) is 7. The van der Waals surface area contributed by atoms with Crippen molar-refractivity contribution in [2.75, 3.05) is 19.6 Å². The summed E-state index contributed by atoms with van der Waals surface area (Å²) in [5.41, 5.74) is 0.857. The van der Waals surface area contributed by atoms with Crippen LogP contribution in [0.1, 0.15) is 30.3 Å². The third-order valence-corrected chi connectivity index (χ3v) is 4.18. The van der Waals surface area contributed by atoms with E-state index in [1.807, 2.05) is 18.2 Å². The van der Waals surface area contributed by atoms with Gasteiger partial charge in [-0.1, -0.05) is 11.2 Å². The van der Waals surface area contributed by atoms with Gasteiger partial charge < -0.3 is 15.2 Å². The molecule has 2 N–H and O–H groups in total. The number of carbonyl (C=O) groups excluding carboxylic acids is 1. The molecular weight excluding hydrogens is 320 g/mol. The summed E-state index contributed by atoms with van der Waals surface area (Å²) in [5, 5.41) is 10.2. The lowest BCUT2D eigenvalue weighted by Gasteiger charge is -2.32. The van der Waals surface area contributed by atoms with E-state index in [1.165, 1.54) is 0 Å². The minimum atomic E-state index is -0.0171. The van der Waals surface area contributed by atoms with Crippen molar-refractivity contribution in [3.8, 4) is 0 Å². The van der Waals surface area contributed by atoms with Gasteiger partial charge in [-0.25, -0.2) is 0 Å². The molecular formula is C17H24N6O2. The lowest BCUT2D eigenvalue weighted by Crippen LogP contribution is -2.48. The van der Waals surface area contributed by atoms with E-state index in [1.54, 1.807) is 13.1 Å². The Balaban J connectivity index is 1.38. The lowest BCUT2D eigenvalue weighted by atomic mass is 10.1. The molecule has 8 nitrogen and oxygen atoms in total. The first-order valence-electron chi connectivity index (χ1n) is 8.60. The molecule has 0 bridgehead atoms. The summed E-state index contributed by atoms with van der Waals surface area (Å²) in [7, 11) is 0. The standard InChI is InChI=1S/C17H24N6O2/c1-13-21-16(22-25-13)12-23-8-4-6-15(11-23)19-10-17(24)20-9-14-5-2-3-7-18-14/h2-3,5,7,15,19H,4,6,8-12H2,1H3,(H,20,24). The van der Waals surface area contributed by atoms with Crippen LogP contribution in [0.4, 0.5) is 0 Å². The lowest BCUT2D eigenvalue weighted by molar-refractivity contribution is -0.120. The molecule has 0 radical (unpaired) electrons. The van der Waals surface area contributed by atoms with Crippen LogP contribution < -0.4 is 10.6 Å². The Bertz CT molecular complexity index is 675. The molecule has 3 heterocycles. The monoisotopic (exact) mass is 344 g/mol. The number of carbonyl (C=O) groups is 1. The van der Waals surface area contributed by atoms with Crippen molar-refractivity contribution in [2.45, 2.75) is 38.9 Å². The third kappa shape index (κ3) is 5.61. The molecule has 1 unspecified atom stereocenters. The second-order valence-electron chi connectivity index (χ2n) is 6.28. The molecule has 0 saturated carbocycles. The number of nitrogens with zero attached hydrogens (tertiary/aromatic N) is 4. The summed E-state index contributed by atoms with van der Waals surface area (Å²) in [6.07, 6.45) is 3.88. The van der Waals surface area contributed by atoms with E-state index < -0.39 is 0 Å². The number of rotatable bonds is 7. The van der Waals surface area contributed by atoms with Crippen molar-refractivity contribution in [3.63, 3.8) is 0 Å². The highest BCUT2D eigenvalue weighted by molar-refractivity contribution is 5.77. The number of hydrogen-bond donors (Lipinski definition) is 2. The van der Waals surface area contributed by atoms with Gasteiger partial charge in [-0.2, -0.15) is 4.98 Å². The molecule has 25 heavy (non-hydrogen) atoms. The zero-order valence-electron chi connectivity index (χ0n) is 14.4. The number of nitrogens with one attached hydrogen (secondary N) is 2. The quantitative estimate of drug-likeness (QED) is 0.761. The largest absolute Gasteiger partial charge is 0.349 e. The maximum atomic E-state index is 12.0. The maximum absolute atomic E-state index is 12.0. The first-order valence-corrected chi connectivity index (χ1v) is 8.60. The molecule has 1 amide bonds. The molecule has 1 atom stereocenters. The highest BCUT2D eigenvalue weighted by atomic mass is 16.5. The summed E-state index contributed by atoms with van der Waals surface area (Å²) in [6, 6.07) is 5.96. The zero-order valence-corrected chi connectivity index (χ0v) is 14.4. The average Bonchev–Trinajstić information content (AvgIpc) is 3.04. The molecule has 1 fully saturated rings. The molecule has 2 aromatic rings. The second kappa shape index (κ2) is 8.68. The van der Waals surface area contributed by atoms with Crippen LogP contribution in [0, 0.1) is 6.92 Å². The molecule has 1 saturated heterocycles. The predicted molar refractivity (Wildman–Crippen MR) is 91.4 cm³/mol. The van der Waals surface area contributed by atoms with Crippen LogP contribution in [-0.2, 0) is 17.9 Å². The molecule has 2 aromatic heterocycles. The second-order valence-corrected chi connectivity index (χ2v) is 6.28. The van der Waals surface area contributed by atoms with Gasteiger partial charge >= 0.3 is 0 Å². The van der Waals surface area contributed by atoms with E-state index in [-0.39, 0.29) is 5.91 Å². The Kier molecular flexibility index (Phi) is 6.08. The topological polar surface area (TPSA) is 96.2 Å². The third-order valence-electron chi connectivity index (χ3n) is 4.18. The molecule has 1 aliphatic heterocycles. The van der Waals surface area contributed by atoms with Crippen LogP contribution in [0.5, 0.6) is 0 Å². The minimum absolute atomic E-state index is 0.0171. The molecule has 0 aliphatic carbocycles. The van der Waals surface area contributed by atoms with Gasteiger partial charge in [0.25, 0.3) is 0 Å². The summed E-state index contributed by atoms with van der Waals surface area (Å²) in [4.78, 5) is 22.7. The number of amides is 1. The van der Waals surface area contributed by atoms with Crippen LogP contribution in [-0.4, -0.2) is 51.6 Å². The number of likely N-dealkylation sites (tertiary alicyclic amines) is 1. The molecule has 3 rings (SSSR count). The number of aryl methyl sites for hydroxylation is 1. The van der Waals surface area contributed by atoms with Gasteiger partial charge in [0.1, 0.15) is 0 Å². The summed E-state index contributed by atoms with van der Waals surface area (Å²) >= 11 is 0. The van der Waals surface area contributed by atoms with Crippen LogP contribution >= 0.6 is 0 Å². The van der Waals surface area contributed by atoms with Gasteiger partial charge in [-0.3, -0.25) is 14.7 Å². The van der Waals surface area contributed by atoms with E-state index in [9.17, 15) is 4.79 Å². The Morgan fingerprint density at radius 1 is 1.44 bits per heavy atom. The van der Waals surface area contributed by atoms with Crippen LogP contribution in [0.2, 0.25) is 0 Å². The van der Waals surface area contributed by atoms with Gasteiger partial charge in [0.05, 0.1) is 25.3 Å². The van der Waals surface area contributed by atoms with Gasteiger partial charge in [0.15, 0.2) is 5.82 Å². The van der Waals surface area contributed by atoms with Crippen LogP contribution in [0.15, 0.2) is 28.9 Å². The summed E-state index contributed by atoms with van der Waals surface area (Å²) < 4.78 is 5.01. The van der Waals surface area contributed by atoms with Crippen molar-refractivity contribution in [3.05, 3.63) is 41.8 Å². The Hall–Kier alpha value is -2.32. The Morgan fingerprint density at radius 3 is 3.12 bits per heavy atom. The van der Waals surface area contributed by atoms with E-state index in [4.69, 9.17) is 4.52 Å². The van der Waals surface area contributed by atoms with Gasteiger partial charge in [0, 0.05) is 25.7 Å².